The van der Waals surface area contributed by atoms with Gasteiger partial charge < -0.3 is 10.6 Å². The van der Waals surface area contributed by atoms with Gasteiger partial charge in [-0.25, -0.2) is 19.3 Å². The van der Waals surface area contributed by atoms with Crippen LogP contribution in [0, 0.1) is 12.8 Å². The van der Waals surface area contributed by atoms with E-state index in [0.717, 1.165) is 38.3 Å². The van der Waals surface area contributed by atoms with Gasteiger partial charge in [0.2, 0.25) is 0 Å². The van der Waals surface area contributed by atoms with Gasteiger partial charge in [0.05, 0.1) is 0 Å². The Morgan fingerprint density at radius 2 is 2.40 bits per heavy atom. The molecule has 1 atom stereocenters. The number of aromatic nitrogens is 4. The molecule has 0 bridgehead atoms. The van der Waals surface area contributed by atoms with Crippen LogP contribution in [-0.2, 0) is 0 Å². The predicted octanol–water partition coefficient (Wildman–Crippen LogP) is 0.291. The van der Waals surface area contributed by atoms with Crippen LogP contribution in [0.15, 0.2) is 10.9 Å². The van der Waals surface area contributed by atoms with E-state index >= 15 is 0 Å². The summed E-state index contributed by atoms with van der Waals surface area (Å²) in [5, 5.41) is 6.49. The number of hydrogen-bond donors (Lipinski definition) is 2. The average Bonchev–Trinajstić information content (AvgIpc) is 2.81. The highest BCUT2D eigenvalue weighted by molar-refractivity contribution is 5.51. The van der Waals surface area contributed by atoms with E-state index in [1.165, 1.54) is 10.8 Å². The number of fused-ring (bicyclic) bond motifs is 1. The van der Waals surface area contributed by atoms with Crippen molar-refractivity contribution in [3.05, 3.63) is 22.4 Å². The molecule has 1 saturated heterocycles. The summed E-state index contributed by atoms with van der Waals surface area (Å²) in [7, 11) is 0. The second-order valence-corrected chi connectivity index (χ2v) is 5.42. The molecule has 3 N–H and O–H groups in total. The fourth-order valence-electron chi connectivity index (χ4n) is 2.99. The summed E-state index contributed by atoms with van der Waals surface area (Å²) < 4.78 is 1.49. The predicted molar refractivity (Wildman–Crippen MR) is 77.0 cm³/mol. The Kier molecular flexibility index (Phi) is 3.43. The second-order valence-electron chi connectivity index (χ2n) is 5.42. The van der Waals surface area contributed by atoms with E-state index in [-0.39, 0.29) is 5.69 Å². The van der Waals surface area contributed by atoms with E-state index in [1.807, 2.05) is 13.0 Å². The van der Waals surface area contributed by atoms with Crippen LogP contribution in [0.5, 0.6) is 0 Å². The molecular formula is C13H20N6O. The van der Waals surface area contributed by atoms with Gasteiger partial charge in [0.1, 0.15) is 11.6 Å². The monoisotopic (exact) mass is 276 g/mol. The number of aromatic amines is 1. The minimum absolute atomic E-state index is 0.240. The Morgan fingerprint density at radius 1 is 1.55 bits per heavy atom. The van der Waals surface area contributed by atoms with E-state index in [4.69, 9.17) is 5.73 Å². The highest BCUT2D eigenvalue weighted by Crippen LogP contribution is 2.24. The molecule has 3 rings (SSSR count). The maximum Gasteiger partial charge on any atom is 0.349 e. The molecule has 1 fully saturated rings. The Morgan fingerprint density at radius 3 is 3.20 bits per heavy atom. The summed E-state index contributed by atoms with van der Waals surface area (Å²) >= 11 is 0. The number of anilines is 1. The zero-order valence-corrected chi connectivity index (χ0v) is 11.7. The maximum atomic E-state index is 11.6. The lowest BCUT2D eigenvalue weighted by Gasteiger charge is -2.33. The number of nitrogens with zero attached hydrogens (tertiary/aromatic N) is 4. The van der Waals surface area contributed by atoms with Gasteiger partial charge in [-0.3, -0.25) is 0 Å². The van der Waals surface area contributed by atoms with Crippen molar-refractivity contribution < 1.29 is 0 Å². The van der Waals surface area contributed by atoms with Gasteiger partial charge >= 0.3 is 5.69 Å². The number of piperidine rings is 1. The molecule has 0 radical (unpaired) electrons. The van der Waals surface area contributed by atoms with Gasteiger partial charge in [0, 0.05) is 19.2 Å². The van der Waals surface area contributed by atoms with Crippen molar-refractivity contribution in [2.75, 3.05) is 24.5 Å². The highest BCUT2D eigenvalue weighted by atomic mass is 16.1. The lowest BCUT2D eigenvalue weighted by atomic mass is 9.95. The first-order valence-electron chi connectivity index (χ1n) is 7.09. The first-order valence-corrected chi connectivity index (χ1v) is 7.09. The van der Waals surface area contributed by atoms with Crippen LogP contribution in [0.4, 0.5) is 5.82 Å². The van der Waals surface area contributed by atoms with Crippen LogP contribution in [0.3, 0.4) is 0 Å². The van der Waals surface area contributed by atoms with Crippen molar-refractivity contribution in [3.63, 3.8) is 0 Å². The molecule has 0 spiro atoms. The molecule has 1 unspecified atom stereocenters. The van der Waals surface area contributed by atoms with Crippen LogP contribution in [0.25, 0.3) is 5.65 Å². The third-order valence-corrected chi connectivity index (χ3v) is 3.97. The van der Waals surface area contributed by atoms with Gasteiger partial charge in [-0.15, -0.1) is 0 Å². The maximum absolute atomic E-state index is 11.6. The van der Waals surface area contributed by atoms with E-state index in [0.29, 0.717) is 17.4 Å². The van der Waals surface area contributed by atoms with E-state index < -0.39 is 0 Å². The van der Waals surface area contributed by atoms with E-state index in [2.05, 4.69) is 20.1 Å². The van der Waals surface area contributed by atoms with E-state index in [9.17, 15) is 4.79 Å². The number of hydrogen-bond acceptors (Lipinski definition) is 5. The van der Waals surface area contributed by atoms with E-state index in [1.54, 1.807) is 0 Å². The first kappa shape index (κ1) is 13.1. The smallest absolute Gasteiger partial charge is 0.349 e. The van der Waals surface area contributed by atoms with Gasteiger partial charge in [-0.1, -0.05) is 0 Å². The number of aryl methyl sites for hydroxylation is 1. The molecule has 20 heavy (non-hydrogen) atoms. The number of rotatable bonds is 3. The molecule has 108 valence electrons. The molecule has 0 amide bonds. The normalized spacial score (nSPS) is 19.7. The molecule has 0 aliphatic carbocycles. The summed E-state index contributed by atoms with van der Waals surface area (Å²) in [6.07, 6.45) is 3.44. The minimum Gasteiger partial charge on any atom is -0.356 e. The highest BCUT2D eigenvalue weighted by Gasteiger charge is 2.21. The molecule has 3 heterocycles. The summed E-state index contributed by atoms with van der Waals surface area (Å²) in [4.78, 5) is 18.4. The fourth-order valence-corrected chi connectivity index (χ4v) is 2.99. The SMILES string of the molecule is Cc1nc(N2CCCC(CCN)C2)cc2n[nH]c(=O)n12. The summed E-state index contributed by atoms with van der Waals surface area (Å²) in [5.74, 6) is 2.20. The molecule has 1 aliphatic heterocycles. The molecule has 7 heteroatoms. The van der Waals surface area contributed by atoms with Crippen molar-refractivity contribution in [2.45, 2.75) is 26.2 Å². The standard InChI is InChI=1S/C13H20N6O/c1-9-15-11(7-12-16-17-13(20)19(9)12)18-6-2-3-10(8-18)4-5-14/h7,10H,2-6,8,14H2,1H3,(H,17,20). The minimum atomic E-state index is -0.240. The number of nitrogens with one attached hydrogen (secondary N) is 1. The van der Waals surface area contributed by atoms with Crippen molar-refractivity contribution in [1.29, 1.82) is 0 Å². The molecule has 0 saturated carbocycles. The van der Waals surface area contributed by atoms with Crippen LogP contribution in [-0.4, -0.2) is 39.2 Å². The lowest BCUT2D eigenvalue weighted by molar-refractivity contribution is 0.394. The topological polar surface area (TPSA) is 92.3 Å². The number of H-pyrrole nitrogens is 1. The average molecular weight is 276 g/mol. The van der Waals surface area contributed by atoms with Gasteiger partial charge in [0.25, 0.3) is 0 Å². The lowest BCUT2D eigenvalue weighted by Crippen LogP contribution is -2.37. The Bertz CT molecular complexity index is 658. The third kappa shape index (κ3) is 2.29. The van der Waals surface area contributed by atoms with Gasteiger partial charge in [-0.05, 0) is 38.6 Å². The summed E-state index contributed by atoms with van der Waals surface area (Å²) in [5.41, 5.74) is 6.04. The van der Waals surface area contributed by atoms with Crippen LogP contribution in [0.2, 0.25) is 0 Å². The molecule has 1 aliphatic rings. The van der Waals surface area contributed by atoms with Crippen molar-refractivity contribution in [3.8, 4) is 0 Å². The van der Waals surface area contributed by atoms with Crippen LogP contribution >= 0.6 is 0 Å². The molecular weight excluding hydrogens is 256 g/mol. The Labute approximate surface area is 116 Å². The quantitative estimate of drug-likeness (QED) is 0.840. The molecule has 0 aromatic carbocycles. The molecule has 7 nitrogen and oxygen atoms in total. The second kappa shape index (κ2) is 5.24. The summed E-state index contributed by atoms with van der Waals surface area (Å²) in [6.45, 7) is 4.54. The first-order chi connectivity index (χ1) is 9.69. The van der Waals surface area contributed by atoms with Crippen LogP contribution < -0.4 is 16.3 Å². The largest absolute Gasteiger partial charge is 0.356 e. The third-order valence-electron chi connectivity index (χ3n) is 3.97. The van der Waals surface area contributed by atoms with Crippen molar-refractivity contribution in [1.82, 2.24) is 19.6 Å². The Balaban J connectivity index is 1.91. The zero-order valence-electron chi connectivity index (χ0n) is 11.7. The Hall–Kier alpha value is -1.89. The van der Waals surface area contributed by atoms with Crippen molar-refractivity contribution in [2.24, 2.45) is 11.7 Å². The van der Waals surface area contributed by atoms with Gasteiger partial charge in [-0.2, -0.15) is 5.10 Å². The zero-order chi connectivity index (χ0) is 14.1. The fraction of sp³-hybridized carbons (Fsp3) is 0.615. The summed E-state index contributed by atoms with van der Waals surface area (Å²) in [6, 6.07) is 1.87. The molecule has 2 aromatic heterocycles. The van der Waals surface area contributed by atoms with Crippen molar-refractivity contribution >= 4 is 11.5 Å². The van der Waals surface area contributed by atoms with Crippen LogP contribution in [0.1, 0.15) is 25.1 Å². The van der Waals surface area contributed by atoms with Gasteiger partial charge in [0.15, 0.2) is 5.65 Å². The molecule has 2 aromatic rings. The number of nitrogens with two attached hydrogens (primary N) is 1.